The summed E-state index contributed by atoms with van der Waals surface area (Å²) >= 11 is 0.592. The SMILES string of the molecule is c1ccc(N(c2ccc(-c3cccc4c3[se]c3ccccc34)cc2)c2ccc(N(c3ccccc3)c3ccc(-c4cccc5c4[se]c4ccccc45)cc3)cc2)cc1. The Hall–Kier alpha value is -6.38. The number of rotatable bonds is 8. The van der Waals surface area contributed by atoms with Gasteiger partial charge in [-0.05, 0) is 0 Å². The van der Waals surface area contributed by atoms with Gasteiger partial charge in [0, 0.05) is 0 Å². The molecule has 4 heteroatoms. The van der Waals surface area contributed by atoms with E-state index in [0.717, 1.165) is 34.1 Å². The molecule has 0 spiro atoms. The van der Waals surface area contributed by atoms with Crippen LogP contribution in [0.1, 0.15) is 0 Å². The van der Waals surface area contributed by atoms with Crippen LogP contribution in [-0.4, -0.2) is 29.0 Å². The zero-order valence-electron chi connectivity index (χ0n) is 31.5. The Morgan fingerprint density at radius 2 is 0.552 bits per heavy atom. The quantitative estimate of drug-likeness (QED) is 0.140. The minimum absolute atomic E-state index is 0.296. The molecule has 0 saturated heterocycles. The Labute approximate surface area is 350 Å². The first kappa shape index (κ1) is 34.8. The Morgan fingerprint density at radius 3 is 0.948 bits per heavy atom. The Bertz CT molecular complexity index is 2980. The van der Waals surface area contributed by atoms with Crippen LogP contribution in [-0.2, 0) is 0 Å². The van der Waals surface area contributed by atoms with Gasteiger partial charge in [0.1, 0.15) is 0 Å². The number of benzene rings is 9. The molecular weight excluding hydrogens is 835 g/mol. The van der Waals surface area contributed by atoms with Crippen molar-refractivity contribution in [2.45, 2.75) is 0 Å². The average Bonchev–Trinajstić information content (AvgIpc) is 3.87. The van der Waals surface area contributed by atoms with Crippen LogP contribution in [0.15, 0.2) is 218 Å². The van der Waals surface area contributed by atoms with Crippen LogP contribution in [0.4, 0.5) is 34.1 Å². The van der Waals surface area contributed by atoms with Crippen LogP contribution >= 0.6 is 0 Å². The first-order valence-corrected chi connectivity index (χ1v) is 23.0. The Balaban J connectivity index is 0.943. The van der Waals surface area contributed by atoms with Crippen LogP contribution in [0.3, 0.4) is 0 Å². The van der Waals surface area contributed by atoms with Crippen molar-refractivity contribution in [3.8, 4) is 22.3 Å². The topological polar surface area (TPSA) is 6.48 Å². The molecule has 0 aliphatic carbocycles. The molecule has 0 N–H and O–H groups in total. The minimum atomic E-state index is 0.296. The van der Waals surface area contributed by atoms with Gasteiger partial charge in [0.25, 0.3) is 0 Å². The predicted molar refractivity (Wildman–Crippen MR) is 251 cm³/mol. The molecule has 2 aromatic heterocycles. The van der Waals surface area contributed by atoms with Crippen molar-refractivity contribution >= 4 is 102 Å². The molecule has 0 fully saturated rings. The summed E-state index contributed by atoms with van der Waals surface area (Å²) in [7, 11) is 0. The second-order valence-corrected chi connectivity index (χ2v) is 18.9. The molecule has 0 aliphatic heterocycles. The van der Waals surface area contributed by atoms with Crippen LogP contribution in [0.25, 0.3) is 60.8 Å². The molecule has 0 amide bonds. The first-order chi connectivity index (χ1) is 28.8. The first-order valence-electron chi connectivity index (χ1n) is 19.6. The summed E-state index contributed by atoms with van der Waals surface area (Å²) < 4.78 is 5.90. The summed E-state index contributed by atoms with van der Waals surface area (Å²) in [5.74, 6) is 0. The second kappa shape index (κ2) is 14.8. The van der Waals surface area contributed by atoms with E-state index in [-0.39, 0.29) is 0 Å². The van der Waals surface area contributed by atoms with E-state index in [4.69, 9.17) is 0 Å². The number of hydrogen-bond donors (Lipinski definition) is 0. The summed E-state index contributed by atoms with van der Waals surface area (Å²) in [5.41, 5.74) is 11.9. The molecule has 2 heterocycles. The molecule has 0 aliphatic rings. The number of fused-ring (bicyclic) bond motifs is 6. The predicted octanol–water partition coefficient (Wildman–Crippen LogP) is 14.7. The fraction of sp³-hybridized carbons (Fsp3) is 0. The molecule has 58 heavy (non-hydrogen) atoms. The van der Waals surface area contributed by atoms with Crippen molar-refractivity contribution in [1.82, 2.24) is 0 Å². The van der Waals surface area contributed by atoms with Gasteiger partial charge >= 0.3 is 352 Å². The van der Waals surface area contributed by atoms with Gasteiger partial charge in [-0.3, -0.25) is 0 Å². The molecule has 2 nitrogen and oxygen atoms in total. The van der Waals surface area contributed by atoms with E-state index in [9.17, 15) is 0 Å². The van der Waals surface area contributed by atoms with E-state index in [1.165, 1.54) is 60.8 Å². The van der Waals surface area contributed by atoms with Gasteiger partial charge in [0.15, 0.2) is 0 Å². The van der Waals surface area contributed by atoms with Crippen molar-refractivity contribution in [2.24, 2.45) is 0 Å². The molecular formula is C54H36N2Se2. The van der Waals surface area contributed by atoms with E-state index >= 15 is 0 Å². The second-order valence-electron chi connectivity index (χ2n) is 14.5. The van der Waals surface area contributed by atoms with Crippen LogP contribution in [0, 0.1) is 0 Å². The monoisotopic (exact) mass is 872 g/mol. The van der Waals surface area contributed by atoms with Gasteiger partial charge in [0.2, 0.25) is 0 Å². The molecule has 0 atom stereocenters. The summed E-state index contributed by atoms with van der Waals surface area (Å²) in [5, 5.41) is 5.55. The van der Waals surface area contributed by atoms with Gasteiger partial charge in [0.05, 0.1) is 0 Å². The number of para-hydroxylation sites is 2. The fourth-order valence-corrected chi connectivity index (χ4v) is 13.5. The average molecular weight is 871 g/mol. The van der Waals surface area contributed by atoms with E-state index in [0.29, 0.717) is 29.0 Å². The van der Waals surface area contributed by atoms with E-state index in [2.05, 4.69) is 228 Å². The molecule has 0 unspecified atom stereocenters. The van der Waals surface area contributed by atoms with Gasteiger partial charge in [-0.1, -0.05) is 0 Å². The zero-order chi connectivity index (χ0) is 38.4. The normalized spacial score (nSPS) is 11.4. The van der Waals surface area contributed by atoms with Crippen molar-refractivity contribution in [2.75, 3.05) is 9.80 Å². The Kier molecular flexibility index (Phi) is 8.92. The molecule has 11 rings (SSSR count). The van der Waals surface area contributed by atoms with Crippen molar-refractivity contribution in [1.29, 1.82) is 0 Å². The van der Waals surface area contributed by atoms with Crippen molar-refractivity contribution in [3.63, 3.8) is 0 Å². The third-order valence-electron chi connectivity index (χ3n) is 11.1. The van der Waals surface area contributed by atoms with Gasteiger partial charge in [-0.15, -0.1) is 0 Å². The third-order valence-corrected chi connectivity index (χ3v) is 16.2. The van der Waals surface area contributed by atoms with Gasteiger partial charge in [-0.2, -0.15) is 0 Å². The maximum absolute atomic E-state index is 2.35. The van der Waals surface area contributed by atoms with Crippen molar-refractivity contribution in [3.05, 3.63) is 218 Å². The molecule has 11 aromatic rings. The number of hydrogen-bond acceptors (Lipinski definition) is 2. The molecule has 0 bridgehead atoms. The molecule has 274 valence electrons. The molecule has 9 aromatic carbocycles. The van der Waals surface area contributed by atoms with E-state index < -0.39 is 0 Å². The van der Waals surface area contributed by atoms with Crippen LogP contribution in [0.5, 0.6) is 0 Å². The number of nitrogens with zero attached hydrogens (tertiary/aromatic N) is 2. The molecule has 0 saturated carbocycles. The summed E-state index contributed by atoms with van der Waals surface area (Å²) in [6.07, 6.45) is 0. The third kappa shape index (κ3) is 6.19. The Morgan fingerprint density at radius 1 is 0.241 bits per heavy atom. The summed E-state index contributed by atoms with van der Waals surface area (Å²) in [6.45, 7) is 0. The zero-order valence-corrected chi connectivity index (χ0v) is 34.9. The van der Waals surface area contributed by atoms with Gasteiger partial charge < -0.3 is 0 Å². The fourth-order valence-electron chi connectivity index (χ4n) is 8.33. The van der Waals surface area contributed by atoms with Crippen LogP contribution in [0.2, 0.25) is 0 Å². The summed E-state index contributed by atoms with van der Waals surface area (Å²) in [6, 6.07) is 79.9. The standard InChI is InChI=1S/C54H36N2Se2/c1-3-13-39(14-4-1)55(41-29-25-37(26-30-41)45-19-11-21-49-47-17-7-9-23-51(47)57-53(45)49)43-33-35-44(36-34-43)56(40-15-5-2-6-16-40)42-31-27-38(28-32-42)46-20-12-22-50-48-18-8-10-24-52(48)58-54(46)50/h1-36H. The van der Waals surface area contributed by atoms with Crippen molar-refractivity contribution < 1.29 is 0 Å². The number of anilines is 6. The van der Waals surface area contributed by atoms with E-state index in [1.54, 1.807) is 0 Å². The summed E-state index contributed by atoms with van der Waals surface area (Å²) in [4.78, 5) is 4.70. The van der Waals surface area contributed by atoms with Gasteiger partial charge in [-0.25, -0.2) is 0 Å². The molecule has 0 radical (unpaired) electrons. The maximum atomic E-state index is 2.35. The van der Waals surface area contributed by atoms with E-state index in [1.807, 2.05) is 0 Å². The van der Waals surface area contributed by atoms with Crippen LogP contribution < -0.4 is 9.80 Å².